The summed E-state index contributed by atoms with van der Waals surface area (Å²) in [7, 11) is 0. The molecule has 4 N–H and O–H groups in total. The van der Waals surface area contributed by atoms with Crippen molar-refractivity contribution in [2.45, 2.75) is 12.5 Å². The summed E-state index contributed by atoms with van der Waals surface area (Å²) in [5.41, 5.74) is 2.13. The fourth-order valence-corrected chi connectivity index (χ4v) is 2.81. The predicted molar refractivity (Wildman–Crippen MR) is 95.3 cm³/mol. The van der Waals surface area contributed by atoms with Crippen molar-refractivity contribution in [3.8, 4) is 0 Å². The van der Waals surface area contributed by atoms with Gasteiger partial charge < -0.3 is 20.4 Å². The monoisotopic (exact) mass is 341 g/mol. The zero-order chi connectivity index (χ0) is 17.8. The number of nitrogens with one attached hydrogen (secondary N) is 2. The molecule has 1 saturated heterocycles. The average Bonchev–Trinajstić information content (AvgIpc) is 3.03. The standard InChI is InChI=1S/C18H19N3O4/c22-14-9-10-21(11-14)13-7-5-12(6-8-13)17(23)19-15-3-1-2-4-16(15)20-18(24)25/h1-8,14,20,22H,9-11H2,(H,19,23)(H,24,25). The van der Waals surface area contributed by atoms with Crippen LogP contribution in [0.15, 0.2) is 48.5 Å². The molecule has 1 atom stereocenters. The lowest BCUT2D eigenvalue weighted by Gasteiger charge is -2.18. The third-order valence-corrected chi connectivity index (χ3v) is 4.07. The van der Waals surface area contributed by atoms with Crippen LogP contribution >= 0.6 is 0 Å². The van der Waals surface area contributed by atoms with E-state index in [-0.39, 0.29) is 12.0 Å². The summed E-state index contributed by atoms with van der Waals surface area (Å²) in [6.07, 6.45) is -0.754. The van der Waals surface area contributed by atoms with Crippen LogP contribution in [0.25, 0.3) is 0 Å². The molecule has 1 unspecified atom stereocenters. The molecule has 7 nitrogen and oxygen atoms in total. The van der Waals surface area contributed by atoms with Gasteiger partial charge in [-0.1, -0.05) is 12.1 Å². The molecule has 0 saturated carbocycles. The van der Waals surface area contributed by atoms with Crippen molar-refractivity contribution >= 4 is 29.1 Å². The molecule has 0 bridgehead atoms. The quantitative estimate of drug-likeness (QED) is 0.685. The highest BCUT2D eigenvalue weighted by atomic mass is 16.4. The molecular weight excluding hydrogens is 322 g/mol. The molecule has 0 aliphatic carbocycles. The van der Waals surface area contributed by atoms with Gasteiger partial charge >= 0.3 is 6.09 Å². The van der Waals surface area contributed by atoms with Crippen LogP contribution in [0.2, 0.25) is 0 Å². The van der Waals surface area contributed by atoms with E-state index in [1.54, 1.807) is 36.4 Å². The summed E-state index contributed by atoms with van der Waals surface area (Å²) in [5, 5.41) is 23.4. The number of β-amino-alcohol motifs (C(OH)–C–C–N with tert-alkyl or cyclic N) is 1. The van der Waals surface area contributed by atoms with Gasteiger partial charge in [0, 0.05) is 24.3 Å². The Labute approximate surface area is 144 Å². The van der Waals surface area contributed by atoms with Gasteiger partial charge in [0.1, 0.15) is 0 Å². The number of hydrogen-bond donors (Lipinski definition) is 4. The number of aliphatic hydroxyl groups is 1. The molecule has 1 heterocycles. The van der Waals surface area contributed by atoms with Gasteiger partial charge in [-0.2, -0.15) is 0 Å². The van der Waals surface area contributed by atoms with Crippen molar-refractivity contribution in [1.29, 1.82) is 0 Å². The number of carbonyl (C=O) groups excluding carboxylic acids is 1. The Morgan fingerprint density at radius 3 is 2.20 bits per heavy atom. The smallest absolute Gasteiger partial charge is 0.409 e. The first-order valence-corrected chi connectivity index (χ1v) is 7.96. The van der Waals surface area contributed by atoms with Gasteiger partial charge in [0.25, 0.3) is 5.91 Å². The summed E-state index contributed by atoms with van der Waals surface area (Å²) in [6, 6.07) is 13.7. The molecule has 0 aromatic heterocycles. The molecule has 25 heavy (non-hydrogen) atoms. The van der Waals surface area contributed by atoms with Gasteiger partial charge in [0.05, 0.1) is 17.5 Å². The summed E-state index contributed by atoms with van der Waals surface area (Å²) < 4.78 is 0. The molecule has 7 heteroatoms. The summed E-state index contributed by atoms with van der Waals surface area (Å²) in [6.45, 7) is 1.39. The molecule has 130 valence electrons. The molecule has 2 aromatic carbocycles. The van der Waals surface area contributed by atoms with Gasteiger partial charge in [-0.05, 0) is 42.8 Å². The maximum Gasteiger partial charge on any atom is 0.409 e. The fourth-order valence-electron chi connectivity index (χ4n) is 2.81. The third kappa shape index (κ3) is 4.07. The Hall–Kier alpha value is -3.06. The molecule has 3 rings (SSSR count). The Bertz CT molecular complexity index is 776. The minimum Gasteiger partial charge on any atom is -0.465 e. The van der Waals surface area contributed by atoms with Crippen molar-refractivity contribution in [3.05, 3.63) is 54.1 Å². The van der Waals surface area contributed by atoms with E-state index in [1.807, 2.05) is 12.1 Å². The van der Waals surface area contributed by atoms with E-state index in [1.165, 1.54) is 0 Å². The van der Waals surface area contributed by atoms with Crippen molar-refractivity contribution in [2.75, 3.05) is 28.6 Å². The SMILES string of the molecule is O=C(O)Nc1ccccc1NC(=O)c1ccc(N2CCC(O)C2)cc1. The van der Waals surface area contributed by atoms with Crippen LogP contribution in [0, 0.1) is 0 Å². The van der Waals surface area contributed by atoms with Crippen LogP contribution < -0.4 is 15.5 Å². The van der Waals surface area contributed by atoms with Crippen LogP contribution in [0.4, 0.5) is 21.9 Å². The number of rotatable bonds is 4. The molecular formula is C18H19N3O4. The molecule has 1 aliphatic rings. The summed E-state index contributed by atoms with van der Waals surface area (Å²) in [4.78, 5) is 25.3. The van der Waals surface area contributed by atoms with Crippen LogP contribution in [0.5, 0.6) is 0 Å². The van der Waals surface area contributed by atoms with E-state index < -0.39 is 6.09 Å². The Morgan fingerprint density at radius 1 is 1.00 bits per heavy atom. The van der Waals surface area contributed by atoms with Crippen molar-refractivity contribution in [2.24, 2.45) is 0 Å². The highest BCUT2D eigenvalue weighted by Gasteiger charge is 2.20. The first kappa shape index (κ1) is 16.8. The lowest BCUT2D eigenvalue weighted by atomic mass is 10.1. The van der Waals surface area contributed by atoms with Crippen LogP contribution in [-0.2, 0) is 0 Å². The van der Waals surface area contributed by atoms with Gasteiger partial charge in [-0.25, -0.2) is 4.79 Å². The number of hydrogen-bond acceptors (Lipinski definition) is 4. The molecule has 2 aromatic rings. The van der Waals surface area contributed by atoms with Gasteiger partial charge in [0.15, 0.2) is 0 Å². The number of para-hydroxylation sites is 2. The number of amides is 2. The first-order valence-electron chi connectivity index (χ1n) is 7.96. The molecule has 1 aliphatic heterocycles. The van der Waals surface area contributed by atoms with Crippen molar-refractivity contribution in [1.82, 2.24) is 0 Å². The summed E-state index contributed by atoms with van der Waals surface area (Å²) >= 11 is 0. The number of carboxylic acid groups (broad SMARTS) is 1. The van der Waals surface area contributed by atoms with Crippen LogP contribution in [-0.4, -0.2) is 41.4 Å². The zero-order valence-corrected chi connectivity index (χ0v) is 13.5. The lowest BCUT2D eigenvalue weighted by molar-refractivity contribution is 0.102. The maximum atomic E-state index is 12.4. The topological polar surface area (TPSA) is 102 Å². The Kier molecular flexibility index (Phi) is 4.85. The van der Waals surface area contributed by atoms with Crippen molar-refractivity contribution in [3.63, 3.8) is 0 Å². The second-order valence-corrected chi connectivity index (χ2v) is 5.87. The Morgan fingerprint density at radius 2 is 1.64 bits per heavy atom. The molecule has 0 spiro atoms. The van der Waals surface area contributed by atoms with Crippen LogP contribution in [0.1, 0.15) is 16.8 Å². The van der Waals surface area contributed by atoms with Crippen molar-refractivity contribution < 1.29 is 19.8 Å². The molecule has 1 fully saturated rings. The number of nitrogens with zero attached hydrogens (tertiary/aromatic N) is 1. The third-order valence-electron chi connectivity index (χ3n) is 4.07. The minimum atomic E-state index is -1.20. The van der Waals surface area contributed by atoms with Gasteiger partial charge in [0.2, 0.25) is 0 Å². The highest BCUT2D eigenvalue weighted by molar-refractivity contribution is 6.06. The van der Waals surface area contributed by atoms with E-state index in [0.29, 0.717) is 23.5 Å². The predicted octanol–water partition coefficient (Wildman–Crippen LogP) is 2.60. The largest absolute Gasteiger partial charge is 0.465 e. The second-order valence-electron chi connectivity index (χ2n) is 5.87. The number of benzene rings is 2. The lowest BCUT2D eigenvalue weighted by Crippen LogP contribution is -2.21. The molecule has 2 amide bonds. The van der Waals surface area contributed by atoms with E-state index in [2.05, 4.69) is 15.5 Å². The second kappa shape index (κ2) is 7.23. The van der Waals surface area contributed by atoms with E-state index >= 15 is 0 Å². The van der Waals surface area contributed by atoms with Gasteiger partial charge in [-0.3, -0.25) is 10.1 Å². The first-order chi connectivity index (χ1) is 12.0. The fraction of sp³-hybridized carbons (Fsp3) is 0.222. The van der Waals surface area contributed by atoms with E-state index in [4.69, 9.17) is 5.11 Å². The van der Waals surface area contributed by atoms with Crippen LogP contribution in [0.3, 0.4) is 0 Å². The number of carbonyl (C=O) groups is 2. The maximum absolute atomic E-state index is 12.4. The molecule has 0 radical (unpaired) electrons. The number of aliphatic hydroxyl groups excluding tert-OH is 1. The van der Waals surface area contributed by atoms with E-state index in [0.717, 1.165) is 18.7 Å². The average molecular weight is 341 g/mol. The van der Waals surface area contributed by atoms with Gasteiger partial charge in [-0.15, -0.1) is 0 Å². The van der Waals surface area contributed by atoms with E-state index in [9.17, 15) is 14.7 Å². The zero-order valence-electron chi connectivity index (χ0n) is 13.5. The number of anilines is 3. The minimum absolute atomic E-state index is 0.304. The Balaban J connectivity index is 1.70. The highest BCUT2D eigenvalue weighted by Crippen LogP contribution is 2.23. The summed E-state index contributed by atoms with van der Waals surface area (Å²) in [5.74, 6) is -0.326. The normalized spacial score (nSPS) is 16.5.